The second-order valence-corrected chi connectivity index (χ2v) is 2.28. The molecule has 0 bridgehead atoms. The van der Waals surface area contributed by atoms with Gasteiger partial charge in [0.15, 0.2) is 0 Å². The standard InChI is InChI=1S/C7H14O.CH6N2/c1-3-5-6-7(8)4-2;1-3-2/h3-6H2,1-2H3;3H,2H2,1H3. The van der Waals surface area contributed by atoms with Gasteiger partial charge in [0.1, 0.15) is 5.78 Å². The Balaban J connectivity index is 0. The quantitative estimate of drug-likeness (QED) is 0.480. The molecule has 0 amide bonds. The summed E-state index contributed by atoms with van der Waals surface area (Å²) >= 11 is 0. The van der Waals surface area contributed by atoms with Crippen molar-refractivity contribution in [1.29, 1.82) is 0 Å². The predicted molar refractivity (Wildman–Crippen MR) is 48.1 cm³/mol. The van der Waals surface area contributed by atoms with Crippen LogP contribution in [0.3, 0.4) is 0 Å². The summed E-state index contributed by atoms with van der Waals surface area (Å²) < 4.78 is 0. The van der Waals surface area contributed by atoms with Crippen molar-refractivity contribution in [1.82, 2.24) is 5.43 Å². The third-order valence-electron chi connectivity index (χ3n) is 1.20. The van der Waals surface area contributed by atoms with Crippen molar-refractivity contribution < 1.29 is 4.79 Å². The maximum absolute atomic E-state index is 10.6. The van der Waals surface area contributed by atoms with Gasteiger partial charge in [0.05, 0.1) is 0 Å². The molecule has 0 aliphatic heterocycles. The third-order valence-corrected chi connectivity index (χ3v) is 1.20. The first-order valence-electron chi connectivity index (χ1n) is 4.11. The average Bonchev–Trinajstić information content (AvgIpc) is 2.02. The molecular formula is C8H20N2O. The van der Waals surface area contributed by atoms with Crippen LogP contribution in [0.1, 0.15) is 39.5 Å². The number of unbranched alkanes of at least 4 members (excludes halogenated alkanes) is 1. The van der Waals surface area contributed by atoms with E-state index in [1.807, 2.05) is 6.92 Å². The highest BCUT2D eigenvalue weighted by molar-refractivity contribution is 5.77. The Kier molecular flexibility index (Phi) is 14.7. The maximum Gasteiger partial charge on any atom is 0.132 e. The van der Waals surface area contributed by atoms with Crippen molar-refractivity contribution in [3.63, 3.8) is 0 Å². The van der Waals surface area contributed by atoms with Gasteiger partial charge in [-0.15, -0.1) is 0 Å². The van der Waals surface area contributed by atoms with E-state index in [0.29, 0.717) is 12.2 Å². The van der Waals surface area contributed by atoms with Crippen molar-refractivity contribution in [2.75, 3.05) is 7.05 Å². The zero-order valence-corrected chi connectivity index (χ0v) is 7.81. The summed E-state index contributed by atoms with van der Waals surface area (Å²) in [5, 5.41) is 0. The lowest BCUT2D eigenvalue weighted by molar-refractivity contribution is -0.118. The first-order valence-corrected chi connectivity index (χ1v) is 4.11. The smallest absolute Gasteiger partial charge is 0.132 e. The van der Waals surface area contributed by atoms with E-state index in [0.717, 1.165) is 19.3 Å². The van der Waals surface area contributed by atoms with E-state index in [-0.39, 0.29) is 0 Å². The molecule has 0 saturated carbocycles. The van der Waals surface area contributed by atoms with E-state index in [1.165, 1.54) is 0 Å². The number of rotatable bonds is 4. The highest BCUT2D eigenvalue weighted by Gasteiger charge is 1.93. The number of hydrogen-bond acceptors (Lipinski definition) is 3. The predicted octanol–water partition coefficient (Wildman–Crippen LogP) is 1.24. The molecule has 68 valence electrons. The van der Waals surface area contributed by atoms with Crippen molar-refractivity contribution >= 4 is 5.78 Å². The Labute approximate surface area is 69.3 Å². The van der Waals surface area contributed by atoms with Crippen LogP contribution in [-0.2, 0) is 4.79 Å². The molecule has 11 heavy (non-hydrogen) atoms. The van der Waals surface area contributed by atoms with E-state index < -0.39 is 0 Å². The molecule has 0 aromatic rings. The second kappa shape index (κ2) is 12.3. The number of nitrogens with one attached hydrogen (secondary N) is 1. The summed E-state index contributed by atoms with van der Waals surface area (Å²) in [6.07, 6.45) is 3.69. The maximum atomic E-state index is 10.6. The SMILES string of the molecule is CCCCC(=O)CC.CNN. The van der Waals surface area contributed by atoms with Gasteiger partial charge in [0.2, 0.25) is 0 Å². The first-order chi connectivity index (χ1) is 5.22. The molecule has 0 aliphatic rings. The van der Waals surface area contributed by atoms with E-state index in [9.17, 15) is 4.79 Å². The van der Waals surface area contributed by atoms with Crippen molar-refractivity contribution in [2.45, 2.75) is 39.5 Å². The lowest BCUT2D eigenvalue weighted by atomic mass is 10.1. The summed E-state index contributed by atoms with van der Waals surface area (Å²) in [5.74, 6) is 4.99. The van der Waals surface area contributed by atoms with Crippen LogP contribution in [0.25, 0.3) is 0 Å². The summed E-state index contributed by atoms with van der Waals surface area (Å²) in [4.78, 5) is 10.6. The normalized spacial score (nSPS) is 8.36. The fourth-order valence-corrected chi connectivity index (χ4v) is 0.551. The highest BCUT2D eigenvalue weighted by atomic mass is 16.1. The minimum Gasteiger partial charge on any atom is -0.300 e. The second-order valence-electron chi connectivity index (χ2n) is 2.28. The van der Waals surface area contributed by atoms with Crippen LogP contribution in [0.5, 0.6) is 0 Å². The van der Waals surface area contributed by atoms with E-state index in [4.69, 9.17) is 0 Å². The van der Waals surface area contributed by atoms with Gasteiger partial charge in [-0.3, -0.25) is 16.1 Å². The highest BCUT2D eigenvalue weighted by Crippen LogP contribution is 1.96. The molecule has 0 aromatic heterocycles. The summed E-state index contributed by atoms with van der Waals surface area (Å²) in [5.41, 5.74) is 2.25. The summed E-state index contributed by atoms with van der Waals surface area (Å²) in [6, 6.07) is 0. The molecule has 0 aromatic carbocycles. The minimum atomic E-state index is 0.395. The first kappa shape index (κ1) is 13.2. The van der Waals surface area contributed by atoms with E-state index in [1.54, 1.807) is 7.05 Å². The van der Waals surface area contributed by atoms with Crippen molar-refractivity contribution in [3.8, 4) is 0 Å². The van der Waals surface area contributed by atoms with E-state index in [2.05, 4.69) is 18.2 Å². The number of nitrogens with two attached hydrogens (primary N) is 1. The van der Waals surface area contributed by atoms with Crippen LogP contribution >= 0.6 is 0 Å². The Morgan fingerprint density at radius 1 is 1.45 bits per heavy atom. The Morgan fingerprint density at radius 3 is 2.18 bits per heavy atom. The third kappa shape index (κ3) is 17.7. The van der Waals surface area contributed by atoms with Gasteiger partial charge >= 0.3 is 0 Å². The Bertz CT molecular complexity index is 84.2. The van der Waals surface area contributed by atoms with E-state index >= 15 is 0 Å². The molecule has 0 unspecified atom stereocenters. The van der Waals surface area contributed by atoms with Crippen LogP contribution in [0, 0.1) is 0 Å². The van der Waals surface area contributed by atoms with Gasteiger partial charge in [-0.1, -0.05) is 20.3 Å². The number of carbonyl (C=O) groups excluding carboxylic acids is 1. The molecule has 3 N–H and O–H groups in total. The van der Waals surface area contributed by atoms with Crippen molar-refractivity contribution in [3.05, 3.63) is 0 Å². The molecule has 0 rings (SSSR count). The molecule has 3 heteroatoms. The molecule has 0 atom stereocenters. The number of Topliss-reactive ketones (excluding diaryl/α,β-unsaturated/α-hetero) is 1. The van der Waals surface area contributed by atoms with Gasteiger partial charge in [-0.2, -0.15) is 0 Å². The Hall–Kier alpha value is -0.410. The molecule has 0 heterocycles. The topological polar surface area (TPSA) is 55.1 Å². The molecule has 0 fully saturated rings. The van der Waals surface area contributed by atoms with Crippen LogP contribution in [0.4, 0.5) is 0 Å². The van der Waals surface area contributed by atoms with Gasteiger partial charge < -0.3 is 0 Å². The van der Waals surface area contributed by atoms with Crippen LogP contribution in [0.15, 0.2) is 0 Å². The Morgan fingerprint density at radius 2 is 1.91 bits per heavy atom. The van der Waals surface area contributed by atoms with Crippen LogP contribution in [0.2, 0.25) is 0 Å². The summed E-state index contributed by atoms with van der Waals surface area (Å²) in [7, 11) is 1.65. The molecule has 0 aliphatic carbocycles. The fourth-order valence-electron chi connectivity index (χ4n) is 0.551. The number of hydrazine groups is 1. The lowest BCUT2D eigenvalue weighted by Gasteiger charge is -1.91. The van der Waals surface area contributed by atoms with Crippen LogP contribution < -0.4 is 11.3 Å². The zero-order chi connectivity index (χ0) is 9.11. The number of ketones is 1. The molecular weight excluding hydrogens is 140 g/mol. The largest absolute Gasteiger partial charge is 0.300 e. The van der Waals surface area contributed by atoms with Gasteiger partial charge in [-0.05, 0) is 13.5 Å². The van der Waals surface area contributed by atoms with Gasteiger partial charge in [0, 0.05) is 12.8 Å². The summed E-state index contributed by atoms with van der Waals surface area (Å²) in [6.45, 7) is 4.01. The molecule has 0 radical (unpaired) electrons. The van der Waals surface area contributed by atoms with Gasteiger partial charge in [-0.25, -0.2) is 0 Å². The lowest BCUT2D eigenvalue weighted by Crippen LogP contribution is -2.13. The molecule has 0 saturated heterocycles. The van der Waals surface area contributed by atoms with Crippen LogP contribution in [-0.4, -0.2) is 12.8 Å². The molecule has 3 nitrogen and oxygen atoms in total. The number of carbonyl (C=O) groups is 1. The van der Waals surface area contributed by atoms with Gasteiger partial charge in [0.25, 0.3) is 0 Å². The zero-order valence-electron chi connectivity index (χ0n) is 7.81. The minimum absolute atomic E-state index is 0.395. The monoisotopic (exact) mass is 160 g/mol. The molecule has 0 spiro atoms. The average molecular weight is 160 g/mol. The van der Waals surface area contributed by atoms with Crippen molar-refractivity contribution in [2.24, 2.45) is 5.84 Å². The fraction of sp³-hybridized carbons (Fsp3) is 0.875. The number of hydrogen-bond donors (Lipinski definition) is 2.